The first kappa shape index (κ1) is 11.9. The van der Waals surface area contributed by atoms with Crippen LogP contribution in [-0.4, -0.2) is 13.7 Å². The lowest BCUT2D eigenvalue weighted by molar-refractivity contribution is 0.357. The maximum atomic E-state index is 5.50. The van der Waals surface area contributed by atoms with Crippen LogP contribution in [0.1, 0.15) is 11.1 Å². The second-order valence-corrected chi connectivity index (χ2v) is 4.63. The zero-order valence-corrected chi connectivity index (χ0v) is 11.0. The number of ether oxygens (including phenoxy) is 2. The fourth-order valence-electron chi connectivity index (χ4n) is 2.28. The molecule has 0 unspecified atom stereocenters. The molecule has 1 aliphatic heterocycles. The Hall–Kier alpha value is -2.16. The minimum absolute atomic E-state index is 0.789. The van der Waals surface area contributed by atoms with E-state index in [0.29, 0.717) is 0 Å². The Bertz CT molecular complexity index is 581. The van der Waals surface area contributed by atoms with Gasteiger partial charge in [0.25, 0.3) is 0 Å². The molecule has 0 saturated heterocycles. The van der Waals surface area contributed by atoms with Gasteiger partial charge in [-0.3, -0.25) is 0 Å². The topological polar surface area (TPSA) is 30.5 Å². The average molecular weight is 255 g/mol. The predicted octanol–water partition coefficient (Wildman–Crippen LogP) is 3.24. The van der Waals surface area contributed by atoms with Crippen molar-refractivity contribution in [2.24, 2.45) is 0 Å². The number of anilines is 1. The van der Waals surface area contributed by atoms with E-state index in [9.17, 15) is 0 Å². The Morgan fingerprint density at radius 1 is 1.21 bits per heavy atom. The van der Waals surface area contributed by atoms with Crippen LogP contribution in [0.15, 0.2) is 42.5 Å². The Morgan fingerprint density at radius 2 is 2.16 bits per heavy atom. The minimum atomic E-state index is 0.789. The quantitative estimate of drug-likeness (QED) is 0.909. The molecule has 3 rings (SSSR count). The van der Waals surface area contributed by atoms with Crippen molar-refractivity contribution < 1.29 is 9.47 Å². The first-order chi connectivity index (χ1) is 9.35. The lowest BCUT2D eigenvalue weighted by atomic mass is 10.1. The van der Waals surface area contributed by atoms with Gasteiger partial charge in [0, 0.05) is 18.7 Å². The van der Waals surface area contributed by atoms with E-state index in [-0.39, 0.29) is 0 Å². The molecule has 2 aromatic rings. The fraction of sp³-hybridized carbons (Fsp3) is 0.250. The van der Waals surface area contributed by atoms with Gasteiger partial charge >= 0.3 is 0 Å². The monoisotopic (exact) mass is 255 g/mol. The van der Waals surface area contributed by atoms with Gasteiger partial charge in [-0.15, -0.1) is 0 Å². The number of rotatable bonds is 4. The van der Waals surface area contributed by atoms with E-state index in [4.69, 9.17) is 9.47 Å². The van der Waals surface area contributed by atoms with Crippen molar-refractivity contribution in [2.45, 2.75) is 13.0 Å². The Labute approximate surface area is 113 Å². The summed E-state index contributed by atoms with van der Waals surface area (Å²) in [5.41, 5.74) is 3.62. The van der Waals surface area contributed by atoms with Gasteiger partial charge in [0.15, 0.2) is 0 Å². The number of hydrogen-bond donors (Lipinski definition) is 1. The molecule has 98 valence electrons. The van der Waals surface area contributed by atoms with Crippen molar-refractivity contribution in [3.63, 3.8) is 0 Å². The van der Waals surface area contributed by atoms with E-state index in [0.717, 1.165) is 36.8 Å². The third kappa shape index (κ3) is 2.65. The van der Waals surface area contributed by atoms with E-state index in [1.165, 1.54) is 11.1 Å². The van der Waals surface area contributed by atoms with Gasteiger partial charge in [0.2, 0.25) is 0 Å². The maximum Gasteiger partial charge on any atom is 0.122 e. The summed E-state index contributed by atoms with van der Waals surface area (Å²) in [6.45, 7) is 1.59. The highest BCUT2D eigenvalue weighted by molar-refractivity contribution is 5.52. The van der Waals surface area contributed by atoms with Crippen LogP contribution in [0.5, 0.6) is 11.5 Å². The molecule has 1 N–H and O–H groups in total. The van der Waals surface area contributed by atoms with Crippen LogP contribution in [0, 0.1) is 0 Å². The summed E-state index contributed by atoms with van der Waals surface area (Å²) in [6, 6.07) is 14.4. The average Bonchev–Trinajstić information content (AvgIpc) is 2.93. The van der Waals surface area contributed by atoms with Crippen molar-refractivity contribution in [1.29, 1.82) is 0 Å². The van der Waals surface area contributed by atoms with E-state index in [1.54, 1.807) is 7.11 Å². The summed E-state index contributed by atoms with van der Waals surface area (Å²) < 4.78 is 10.7. The number of benzene rings is 2. The van der Waals surface area contributed by atoms with E-state index in [1.807, 2.05) is 24.3 Å². The molecule has 0 aromatic heterocycles. The molecule has 1 aliphatic rings. The van der Waals surface area contributed by atoms with Crippen LogP contribution in [0.4, 0.5) is 5.69 Å². The first-order valence-corrected chi connectivity index (χ1v) is 6.48. The molecule has 0 fully saturated rings. The molecule has 19 heavy (non-hydrogen) atoms. The minimum Gasteiger partial charge on any atom is -0.497 e. The Balaban J connectivity index is 1.68. The molecule has 3 heteroatoms. The third-order valence-corrected chi connectivity index (χ3v) is 3.32. The lowest BCUT2D eigenvalue weighted by Crippen LogP contribution is -1.99. The second-order valence-electron chi connectivity index (χ2n) is 4.63. The normalized spacial score (nSPS) is 12.7. The summed E-state index contributed by atoms with van der Waals surface area (Å²) in [5, 5.41) is 3.43. The molecule has 1 heterocycles. The predicted molar refractivity (Wildman–Crippen MR) is 76.0 cm³/mol. The van der Waals surface area contributed by atoms with Gasteiger partial charge in [0.05, 0.1) is 13.7 Å². The van der Waals surface area contributed by atoms with Crippen molar-refractivity contribution in [2.75, 3.05) is 19.0 Å². The third-order valence-electron chi connectivity index (χ3n) is 3.32. The molecule has 2 aromatic carbocycles. The Kier molecular flexibility index (Phi) is 3.27. The largest absolute Gasteiger partial charge is 0.497 e. The lowest BCUT2D eigenvalue weighted by Gasteiger charge is -2.09. The smallest absolute Gasteiger partial charge is 0.122 e. The number of nitrogens with one attached hydrogen (secondary N) is 1. The highest BCUT2D eigenvalue weighted by atomic mass is 16.5. The van der Waals surface area contributed by atoms with Crippen molar-refractivity contribution in [3.8, 4) is 11.5 Å². The number of hydrogen-bond acceptors (Lipinski definition) is 3. The van der Waals surface area contributed by atoms with Gasteiger partial charge in [-0.2, -0.15) is 0 Å². The summed E-state index contributed by atoms with van der Waals surface area (Å²) in [6.07, 6.45) is 1.00. The van der Waals surface area contributed by atoms with Gasteiger partial charge in [-0.25, -0.2) is 0 Å². The van der Waals surface area contributed by atoms with Crippen LogP contribution >= 0.6 is 0 Å². The molecule has 0 bridgehead atoms. The van der Waals surface area contributed by atoms with E-state index >= 15 is 0 Å². The van der Waals surface area contributed by atoms with Crippen LogP contribution in [0.2, 0.25) is 0 Å². The SMILES string of the molecule is COc1cccc(CNc2ccc3c(c2)CCO3)c1. The molecule has 0 saturated carbocycles. The molecule has 0 amide bonds. The standard InChI is InChI=1S/C16H17NO2/c1-18-15-4-2-3-12(9-15)11-17-14-5-6-16-13(10-14)7-8-19-16/h2-6,9-10,17H,7-8,11H2,1H3. The molecule has 0 aliphatic carbocycles. The molecule has 0 atom stereocenters. The summed E-state index contributed by atoms with van der Waals surface area (Å²) in [5.74, 6) is 1.91. The van der Waals surface area contributed by atoms with Gasteiger partial charge in [-0.1, -0.05) is 12.1 Å². The van der Waals surface area contributed by atoms with Crippen LogP contribution in [0.3, 0.4) is 0 Å². The zero-order valence-electron chi connectivity index (χ0n) is 11.0. The van der Waals surface area contributed by atoms with Crippen LogP contribution < -0.4 is 14.8 Å². The maximum absolute atomic E-state index is 5.50. The highest BCUT2D eigenvalue weighted by Gasteiger charge is 2.11. The molecular weight excluding hydrogens is 238 g/mol. The van der Waals surface area contributed by atoms with Crippen molar-refractivity contribution in [1.82, 2.24) is 0 Å². The fourth-order valence-corrected chi connectivity index (χ4v) is 2.28. The van der Waals surface area contributed by atoms with Crippen molar-refractivity contribution in [3.05, 3.63) is 53.6 Å². The summed E-state index contributed by atoms with van der Waals surface area (Å²) in [4.78, 5) is 0. The highest BCUT2D eigenvalue weighted by Crippen LogP contribution is 2.28. The van der Waals surface area contributed by atoms with Crippen LogP contribution in [-0.2, 0) is 13.0 Å². The molecule has 0 spiro atoms. The zero-order chi connectivity index (χ0) is 13.1. The number of fused-ring (bicyclic) bond motifs is 1. The van der Waals surface area contributed by atoms with Gasteiger partial charge < -0.3 is 14.8 Å². The molecular formula is C16H17NO2. The van der Waals surface area contributed by atoms with Gasteiger partial charge in [-0.05, 0) is 41.5 Å². The van der Waals surface area contributed by atoms with E-state index in [2.05, 4.69) is 23.5 Å². The number of methoxy groups -OCH3 is 1. The van der Waals surface area contributed by atoms with Crippen LogP contribution in [0.25, 0.3) is 0 Å². The summed E-state index contributed by atoms with van der Waals surface area (Å²) >= 11 is 0. The van der Waals surface area contributed by atoms with Gasteiger partial charge in [0.1, 0.15) is 11.5 Å². The summed E-state index contributed by atoms with van der Waals surface area (Å²) in [7, 11) is 1.69. The molecule has 3 nitrogen and oxygen atoms in total. The molecule has 0 radical (unpaired) electrons. The first-order valence-electron chi connectivity index (χ1n) is 6.48. The Morgan fingerprint density at radius 3 is 3.05 bits per heavy atom. The van der Waals surface area contributed by atoms with Crippen molar-refractivity contribution >= 4 is 5.69 Å². The van der Waals surface area contributed by atoms with E-state index < -0.39 is 0 Å². The second kappa shape index (κ2) is 5.22.